The molecule has 0 aliphatic heterocycles. The lowest BCUT2D eigenvalue weighted by Gasteiger charge is -2.32. The molecule has 1 fully saturated rings. The van der Waals surface area contributed by atoms with Crippen LogP contribution in [-0.2, 0) is 14.8 Å². The first-order valence-electron chi connectivity index (χ1n) is 7.04. The van der Waals surface area contributed by atoms with E-state index >= 15 is 0 Å². The van der Waals surface area contributed by atoms with Crippen LogP contribution < -0.4 is 4.72 Å². The van der Waals surface area contributed by atoms with E-state index < -0.39 is 10.0 Å². The Bertz CT molecular complexity index is 501. The van der Waals surface area contributed by atoms with Crippen LogP contribution in [0.2, 0.25) is 0 Å². The summed E-state index contributed by atoms with van der Waals surface area (Å²) in [7, 11) is -1.81. The second-order valence-electron chi connectivity index (χ2n) is 5.39. The molecular formula is C13H23N3O3S. The van der Waals surface area contributed by atoms with E-state index in [2.05, 4.69) is 9.82 Å². The van der Waals surface area contributed by atoms with Gasteiger partial charge in [0.15, 0.2) is 0 Å². The molecule has 1 heterocycles. The Hall–Kier alpha value is -0.920. The van der Waals surface area contributed by atoms with Crippen LogP contribution in [-0.4, -0.2) is 43.2 Å². The third kappa shape index (κ3) is 4.04. The molecule has 1 aliphatic carbocycles. The van der Waals surface area contributed by atoms with Crippen LogP contribution in [0.5, 0.6) is 0 Å². The molecule has 0 radical (unpaired) electrons. The topological polar surface area (TPSA) is 73.2 Å². The first-order valence-corrected chi connectivity index (χ1v) is 8.69. The highest BCUT2D eigenvalue weighted by molar-refractivity contribution is 7.89. The zero-order valence-corrected chi connectivity index (χ0v) is 12.8. The van der Waals surface area contributed by atoms with Gasteiger partial charge in [0.1, 0.15) is 0 Å². The molecule has 0 amide bonds. The van der Waals surface area contributed by atoms with Gasteiger partial charge in [0.25, 0.3) is 0 Å². The van der Waals surface area contributed by atoms with Gasteiger partial charge in [-0.25, -0.2) is 13.1 Å². The Balaban J connectivity index is 2.05. The predicted octanol–water partition coefficient (Wildman–Crippen LogP) is 1.32. The minimum absolute atomic E-state index is 0.00811. The molecule has 0 saturated heterocycles. The van der Waals surface area contributed by atoms with Crippen molar-refractivity contribution in [1.82, 2.24) is 14.5 Å². The summed E-state index contributed by atoms with van der Waals surface area (Å²) < 4.78 is 34.1. The van der Waals surface area contributed by atoms with Gasteiger partial charge in [-0.2, -0.15) is 5.10 Å². The third-order valence-electron chi connectivity index (χ3n) is 3.78. The molecule has 1 aliphatic rings. The maximum Gasteiger partial charge on any atom is 0.214 e. The zero-order valence-electron chi connectivity index (χ0n) is 12.0. The van der Waals surface area contributed by atoms with Gasteiger partial charge in [0.05, 0.1) is 17.9 Å². The van der Waals surface area contributed by atoms with E-state index in [1.165, 1.54) is 7.11 Å². The molecular weight excluding hydrogens is 278 g/mol. The molecule has 1 aromatic heterocycles. The number of nitrogens with one attached hydrogen (secondary N) is 1. The smallest absolute Gasteiger partial charge is 0.214 e. The van der Waals surface area contributed by atoms with E-state index in [0.717, 1.165) is 25.7 Å². The van der Waals surface area contributed by atoms with Crippen molar-refractivity contribution in [1.29, 1.82) is 0 Å². The molecule has 6 nitrogen and oxygen atoms in total. The lowest BCUT2D eigenvalue weighted by molar-refractivity contribution is 0.135. The zero-order chi connectivity index (χ0) is 14.6. The fourth-order valence-corrected chi connectivity index (χ4v) is 4.28. The van der Waals surface area contributed by atoms with E-state index in [0.29, 0.717) is 0 Å². The van der Waals surface area contributed by atoms with Gasteiger partial charge in [0.2, 0.25) is 10.0 Å². The number of nitrogens with zero attached hydrogens (tertiary/aromatic N) is 2. The first kappa shape index (κ1) is 15.5. The molecule has 2 rings (SSSR count). The van der Waals surface area contributed by atoms with Gasteiger partial charge in [-0.1, -0.05) is 12.8 Å². The van der Waals surface area contributed by atoms with Gasteiger partial charge in [-0.3, -0.25) is 4.68 Å². The number of hydrogen-bond donors (Lipinski definition) is 1. The highest BCUT2D eigenvalue weighted by Crippen LogP contribution is 2.28. The lowest BCUT2D eigenvalue weighted by atomic mass is 9.91. The van der Waals surface area contributed by atoms with Crippen molar-refractivity contribution in [3.63, 3.8) is 0 Å². The fourth-order valence-electron chi connectivity index (χ4n) is 2.70. The van der Waals surface area contributed by atoms with E-state index in [-0.39, 0.29) is 23.9 Å². The second kappa shape index (κ2) is 6.69. The highest BCUT2D eigenvalue weighted by atomic mass is 32.2. The Morgan fingerprint density at radius 1 is 1.45 bits per heavy atom. The molecule has 1 N–H and O–H groups in total. The monoisotopic (exact) mass is 301 g/mol. The molecule has 0 unspecified atom stereocenters. The molecule has 1 saturated carbocycles. The molecule has 20 heavy (non-hydrogen) atoms. The summed E-state index contributed by atoms with van der Waals surface area (Å²) in [6.07, 6.45) is 7.28. The van der Waals surface area contributed by atoms with Gasteiger partial charge in [-0.05, 0) is 25.8 Å². The van der Waals surface area contributed by atoms with Crippen molar-refractivity contribution in [2.75, 3.05) is 12.9 Å². The molecule has 0 spiro atoms. The minimum Gasteiger partial charge on any atom is -0.381 e. The van der Waals surface area contributed by atoms with E-state index in [9.17, 15) is 8.42 Å². The molecule has 0 bridgehead atoms. The Morgan fingerprint density at radius 3 is 2.85 bits per heavy atom. The summed E-state index contributed by atoms with van der Waals surface area (Å²) in [4.78, 5) is 0. The van der Waals surface area contributed by atoms with Crippen LogP contribution in [0, 0.1) is 0 Å². The highest BCUT2D eigenvalue weighted by Gasteiger charge is 2.30. The number of methoxy groups -OCH3 is 1. The molecule has 1 aromatic rings. The van der Waals surface area contributed by atoms with Crippen molar-refractivity contribution in [2.45, 2.75) is 50.8 Å². The minimum atomic E-state index is -3.33. The second-order valence-corrected chi connectivity index (χ2v) is 7.19. The average Bonchev–Trinajstić information content (AvgIpc) is 2.92. The van der Waals surface area contributed by atoms with Crippen molar-refractivity contribution >= 4 is 10.0 Å². The molecule has 114 valence electrons. The van der Waals surface area contributed by atoms with Gasteiger partial charge in [-0.15, -0.1) is 0 Å². The Labute approximate surface area is 120 Å². The molecule has 7 heteroatoms. The van der Waals surface area contributed by atoms with Crippen LogP contribution in [0.15, 0.2) is 18.5 Å². The van der Waals surface area contributed by atoms with Gasteiger partial charge < -0.3 is 4.74 Å². The first-order chi connectivity index (χ1) is 9.52. The lowest BCUT2D eigenvalue weighted by Crippen LogP contribution is -2.45. The summed E-state index contributed by atoms with van der Waals surface area (Å²) in [5.74, 6) is -0.00811. The normalized spacial score (nSPS) is 25.5. The standard InChI is InChI=1S/C13H23N3O3S/c1-11(19-2)10-20(17,18)15-12-6-3-4-7-13(12)16-9-5-8-14-16/h5,8-9,11-13,15H,3-4,6-7,10H2,1-2H3/t11-,12+,13-/m1/s1. The number of hydrogen-bond acceptors (Lipinski definition) is 4. The van der Waals surface area contributed by atoms with Crippen molar-refractivity contribution in [3.05, 3.63) is 18.5 Å². The van der Waals surface area contributed by atoms with Crippen LogP contribution >= 0.6 is 0 Å². The van der Waals surface area contributed by atoms with Gasteiger partial charge in [0, 0.05) is 25.5 Å². The number of ether oxygens (including phenoxy) is 1. The predicted molar refractivity (Wildman–Crippen MR) is 76.9 cm³/mol. The van der Waals surface area contributed by atoms with E-state index in [1.54, 1.807) is 13.1 Å². The third-order valence-corrected chi connectivity index (χ3v) is 5.35. The van der Waals surface area contributed by atoms with Crippen molar-refractivity contribution in [2.24, 2.45) is 0 Å². The van der Waals surface area contributed by atoms with Crippen LogP contribution in [0.1, 0.15) is 38.6 Å². The molecule has 3 atom stereocenters. The van der Waals surface area contributed by atoms with Crippen LogP contribution in [0.25, 0.3) is 0 Å². The summed E-state index contributed by atoms with van der Waals surface area (Å²) >= 11 is 0. The van der Waals surface area contributed by atoms with Crippen LogP contribution in [0.4, 0.5) is 0 Å². The SMILES string of the molecule is CO[C@H](C)CS(=O)(=O)N[C@H]1CCCC[C@H]1n1cccn1. The fraction of sp³-hybridized carbons (Fsp3) is 0.769. The molecule has 0 aromatic carbocycles. The maximum atomic E-state index is 12.2. The van der Waals surface area contributed by atoms with E-state index in [4.69, 9.17) is 4.74 Å². The van der Waals surface area contributed by atoms with Crippen molar-refractivity contribution in [3.8, 4) is 0 Å². The quantitative estimate of drug-likeness (QED) is 0.860. The Kier molecular flexibility index (Phi) is 5.17. The summed E-state index contributed by atoms with van der Waals surface area (Å²) in [6.45, 7) is 1.76. The van der Waals surface area contributed by atoms with E-state index in [1.807, 2.05) is 16.9 Å². The Morgan fingerprint density at radius 2 is 2.20 bits per heavy atom. The maximum absolute atomic E-state index is 12.2. The number of sulfonamides is 1. The largest absolute Gasteiger partial charge is 0.381 e. The summed E-state index contributed by atoms with van der Waals surface area (Å²) in [6, 6.07) is 1.89. The van der Waals surface area contributed by atoms with Gasteiger partial charge >= 0.3 is 0 Å². The van der Waals surface area contributed by atoms with Crippen molar-refractivity contribution < 1.29 is 13.2 Å². The van der Waals surface area contributed by atoms with Crippen LogP contribution in [0.3, 0.4) is 0 Å². The number of aromatic nitrogens is 2. The summed E-state index contributed by atoms with van der Waals surface area (Å²) in [5.41, 5.74) is 0. The number of rotatable bonds is 6. The average molecular weight is 301 g/mol. The summed E-state index contributed by atoms with van der Waals surface area (Å²) in [5, 5.41) is 4.25.